The van der Waals surface area contributed by atoms with Gasteiger partial charge in [0.25, 0.3) is 11.8 Å². The lowest BCUT2D eigenvalue weighted by Crippen LogP contribution is -2.35. The Kier molecular flexibility index (Phi) is 5.50. The zero-order valence-electron chi connectivity index (χ0n) is 16.5. The van der Waals surface area contributed by atoms with Crippen molar-refractivity contribution in [3.05, 3.63) is 93.5 Å². The molecule has 0 saturated heterocycles. The molecule has 4 rings (SSSR count). The van der Waals surface area contributed by atoms with Crippen molar-refractivity contribution < 1.29 is 9.59 Å². The number of primary amides is 1. The Bertz CT molecular complexity index is 1130. The van der Waals surface area contributed by atoms with Crippen LogP contribution in [0, 0.1) is 6.92 Å². The van der Waals surface area contributed by atoms with E-state index in [2.05, 4.69) is 9.97 Å². The second-order valence-corrected chi connectivity index (χ2v) is 7.71. The number of nitrogens with two attached hydrogens (primary N) is 1. The van der Waals surface area contributed by atoms with E-state index < -0.39 is 5.91 Å². The molecule has 2 amide bonds. The zero-order chi connectivity index (χ0) is 21.3. The summed E-state index contributed by atoms with van der Waals surface area (Å²) in [6.07, 6.45) is 4.71. The molecule has 7 heteroatoms. The van der Waals surface area contributed by atoms with E-state index in [0.29, 0.717) is 21.8 Å². The smallest absolute Gasteiger partial charge is 0.267 e. The molecule has 152 valence electrons. The third-order valence-corrected chi connectivity index (χ3v) is 5.88. The number of benzene rings is 1. The summed E-state index contributed by atoms with van der Waals surface area (Å²) in [7, 11) is 0. The third kappa shape index (κ3) is 3.66. The van der Waals surface area contributed by atoms with E-state index in [1.54, 1.807) is 35.4 Å². The maximum Gasteiger partial charge on any atom is 0.267 e. The number of pyridine rings is 2. The van der Waals surface area contributed by atoms with Crippen molar-refractivity contribution >= 4 is 23.4 Å². The molecule has 2 aromatic heterocycles. The van der Waals surface area contributed by atoms with E-state index >= 15 is 0 Å². The van der Waals surface area contributed by atoms with Gasteiger partial charge in [-0.3, -0.25) is 19.6 Å². The lowest BCUT2D eigenvalue weighted by atomic mass is 10.0. The van der Waals surface area contributed by atoms with Gasteiger partial charge in [-0.15, -0.1) is 0 Å². The molecule has 0 aliphatic heterocycles. The number of aromatic nitrogens is 2. The second-order valence-electron chi connectivity index (χ2n) is 7.31. The monoisotopic (exact) mass is 420 g/mol. The topological polar surface area (TPSA) is 89.2 Å². The summed E-state index contributed by atoms with van der Waals surface area (Å²) in [5.41, 5.74) is 9.56. The Morgan fingerprint density at radius 3 is 2.67 bits per heavy atom. The second kappa shape index (κ2) is 8.24. The van der Waals surface area contributed by atoms with Crippen LogP contribution in [0.2, 0.25) is 5.02 Å². The normalized spacial score (nSPS) is 14.9. The molecule has 1 aliphatic carbocycles. The summed E-state index contributed by atoms with van der Waals surface area (Å²) < 4.78 is 0. The van der Waals surface area contributed by atoms with Gasteiger partial charge >= 0.3 is 0 Å². The van der Waals surface area contributed by atoms with Gasteiger partial charge in [0.15, 0.2) is 0 Å². The van der Waals surface area contributed by atoms with Crippen molar-refractivity contribution in [1.29, 1.82) is 0 Å². The fourth-order valence-electron chi connectivity index (χ4n) is 4.07. The first kappa shape index (κ1) is 20.0. The molecule has 0 fully saturated rings. The predicted octanol–water partition coefficient (Wildman–Crippen LogP) is 3.87. The standard InChI is InChI=1S/C23H21ClN4O2/c1-14-16(7-4-11-26-14)23(30)28(13-15-5-3-12-27-21(15)22(25)29)20-10-9-17-18(20)6-2-8-19(17)24/h2-8,11-12,20H,9-10,13H2,1H3,(H2,25,29)/t20-/m1/s1. The number of carbonyl (C=O) groups is 2. The van der Waals surface area contributed by atoms with E-state index in [4.69, 9.17) is 17.3 Å². The fourth-order valence-corrected chi connectivity index (χ4v) is 4.35. The van der Waals surface area contributed by atoms with E-state index in [0.717, 1.165) is 24.0 Å². The highest BCUT2D eigenvalue weighted by Crippen LogP contribution is 2.40. The van der Waals surface area contributed by atoms with Crippen LogP contribution in [0.15, 0.2) is 54.9 Å². The zero-order valence-corrected chi connectivity index (χ0v) is 17.3. The van der Waals surface area contributed by atoms with E-state index in [-0.39, 0.29) is 24.2 Å². The average molecular weight is 421 g/mol. The quantitative estimate of drug-likeness (QED) is 0.678. The summed E-state index contributed by atoms with van der Waals surface area (Å²) in [6.45, 7) is 2.01. The van der Waals surface area contributed by atoms with Crippen molar-refractivity contribution in [2.75, 3.05) is 0 Å². The van der Waals surface area contributed by atoms with Crippen LogP contribution >= 0.6 is 11.6 Å². The SMILES string of the molecule is Cc1ncccc1C(=O)N(Cc1cccnc1C(N)=O)[C@@H]1CCc2c(Cl)cccc21. The first-order chi connectivity index (χ1) is 14.5. The Labute approximate surface area is 179 Å². The minimum atomic E-state index is -0.620. The number of aryl methyl sites for hydroxylation is 1. The molecule has 2 N–H and O–H groups in total. The largest absolute Gasteiger partial charge is 0.364 e. The Morgan fingerprint density at radius 2 is 1.90 bits per heavy atom. The predicted molar refractivity (Wildman–Crippen MR) is 114 cm³/mol. The average Bonchev–Trinajstić information content (AvgIpc) is 3.17. The highest BCUT2D eigenvalue weighted by atomic mass is 35.5. The van der Waals surface area contributed by atoms with E-state index in [1.165, 1.54) is 6.20 Å². The van der Waals surface area contributed by atoms with Crippen molar-refractivity contribution in [2.45, 2.75) is 32.4 Å². The van der Waals surface area contributed by atoms with Crippen LogP contribution in [-0.4, -0.2) is 26.7 Å². The maximum atomic E-state index is 13.6. The van der Waals surface area contributed by atoms with Gasteiger partial charge in [-0.1, -0.05) is 29.8 Å². The molecule has 0 bridgehead atoms. The molecule has 0 unspecified atom stereocenters. The van der Waals surface area contributed by atoms with Crippen LogP contribution in [0.25, 0.3) is 0 Å². The molecule has 1 atom stereocenters. The summed E-state index contributed by atoms with van der Waals surface area (Å²) >= 11 is 6.40. The van der Waals surface area contributed by atoms with Gasteiger partial charge in [0.05, 0.1) is 11.6 Å². The minimum absolute atomic E-state index is 0.155. The minimum Gasteiger partial charge on any atom is -0.364 e. The first-order valence-electron chi connectivity index (χ1n) is 9.71. The van der Waals surface area contributed by atoms with Crippen molar-refractivity contribution in [3.8, 4) is 0 Å². The molecule has 6 nitrogen and oxygen atoms in total. The number of carbonyl (C=O) groups excluding carboxylic acids is 2. The van der Waals surface area contributed by atoms with Crippen molar-refractivity contribution in [2.24, 2.45) is 5.73 Å². The van der Waals surface area contributed by atoms with Gasteiger partial charge in [0, 0.05) is 35.2 Å². The molecular formula is C23H21ClN4O2. The van der Waals surface area contributed by atoms with Gasteiger partial charge in [-0.25, -0.2) is 0 Å². The molecule has 3 aromatic rings. The number of nitrogens with zero attached hydrogens (tertiary/aromatic N) is 3. The Morgan fingerprint density at radius 1 is 1.13 bits per heavy atom. The van der Waals surface area contributed by atoms with Crippen LogP contribution in [0.4, 0.5) is 0 Å². The van der Waals surface area contributed by atoms with Crippen LogP contribution in [-0.2, 0) is 13.0 Å². The van der Waals surface area contributed by atoms with Gasteiger partial charge in [-0.05, 0) is 55.2 Å². The summed E-state index contributed by atoms with van der Waals surface area (Å²) in [5, 5.41) is 0.708. The molecule has 0 saturated carbocycles. The van der Waals surface area contributed by atoms with Crippen molar-refractivity contribution in [1.82, 2.24) is 14.9 Å². The summed E-state index contributed by atoms with van der Waals surface area (Å²) in [6, 6.07) is 12.6. The Hall–Kier alpha value is -3.25. The molecular weight excluding hydrogens is 400 g/mol. The van der Waals surface area contributed by atoms with Gasteiger partial charge in [0.1, 0.15) is 5.69 Å². The number of amides is 2. The van der Waals surface area contributed by atoms with Gasteiger partial charge in [-0.2, -0.15) is 0 Å². The highest BCUT2D eigenvalue weighted by molar-refractivity contribution is 6.31. The maximum absolute atomic E-state index is 13.6. The van der Waals surface area contributed by atoms with Crippen molar-refractivity contribution in [3.63, 3.8) is 0 Å². The molecule has 1 aliphatic rings. The highest BCUT2D eigenvalue weighted by Gasteiger charge is 2.34. The van der Waals surface area contributed by atoms with E-state index in [1.807, 2.05) is 25.1 Å². The lowest BCUT2D eigenvalue weighted by molar-refractivity contribution is 0.0654. The number of hydrogen-bond donors (Lipinski definition) is 1. The first-order valence-corrected chi connectivity index (χ1v) is 10.1. The molecule has 1 aromatic carbocycles. The summed E-state index contributed by atoms with van der Waals surface area (Å²) in [4.78, 5) is 35.7. The van der Waals surface area contributed by atoms with E-state index in [9.17, 15) is 9.59 Å². The molecule has 2 heterocycles. The number of rotatable bonds is 5. The summed E-state index contributed by atoms with van der Waals surface area (Å²) in [5.74, 6) is -0.775. The molecule has 0 radical (unpaired) electrons. The number of halogens is 1. The van der Waals surface area contributed by atoms with Crippen LogP contribution in [0.3, 0.4) is 0 Å². The van der Waals surface area contributed by atoms with Gasteiger partial charge in [0.2, 0.25) is 0 Å². The Balaban J connectivity index is 1.79. The van der Waals surface area contributed by atoms with Gasteiger partial charge < -0.3 is 10.6 Å². The van der Waals surface area contributed by atoms with Crippen LogP contribution in [0.5, 0.6) is 0 Å². The third-order valence-electron chi connectivity index (χ3n) is 5.52. The molecule has 30 heavy (non-hydrogen) atoms. The molecule has 0 spiro atoms. The van der Waals surface area contributed by atoms with Crippen LogP contribution in [0.1, 0.15) is 55.7 Å². The number of hydrogen-bond acceptors (Lipinski definition) is 4. The van der Waals surface area contributed by atoms with Crippen LogP contribution < -0.4 is 5.73 Å². The lowest BCUT2D eigenvalue weighted by Gasteiger charge is -2.31. The number of fused-ring (bicyclic) bond motifs is 1. The fraction of sp³-hybridized carbons (Fsp3) is 0.217.